The summed E-state index contributed by atoms with van der Waals surface area (Å²) in [4.78, 5) is 41.0. The SMILES string of the molecule is CN(Cc1nc2ccccc2c(=O)[nH]1)C(=O)C(c1cccnc1)N1CCCC1. The number of carbonyl (C=O) groups is 1. The number of likely N-dealkylation sites (N-methyl/N-ethyl adjacent to an activating group) is 1. The number of amides is 1. The fourth-order valence-corrected chi connectivity index (χ4v) is 3.77. The lowest BCUT2D eigenvalue weighted by Crippen LogP contribution is -2.40. The molecule has 0 saturated carbocycles. The van der Waals surface area contributed by atoms with Gasteiger partial charge in [-0.05, 0) is 49.7 Å². The van der Waals surface area contributed by atoms with Gasteiger partial charge in [-0.3, -0.25) is 19.5 Å². The van der Waals surface area contributed by atoms with Crippen LogP contribution in [0.25, 0.3) is 10.9 Å². The zero-order valence-corrected chi connectivity index (χ0v) is 15.8. The maximum absolute atomic E-state index is 13.3. The van der Waals surface area contributed by atoms with Crippen LogP contribution in [-0.4, -0.2) is 50.8 Å². The molecule has 1 unspecified atom stereocenters. The molecule has 28 heavy (non-hydrogen) atoms. The number of H-pyrrole nitrogens is 1. The van der Waals surface area contributed by atoms with Crippen LogP contribution in [0.15, 0.2) is 53.6 Å². The lowest BCUT2D eigenvalue weighted by molar-refractivity contribution is -0.136. The standard InChI is InChI=1S/C21H23N5O2/c1-25(14-18-23-17-9-3-2-8-16(17)20(27)24-18)21(28)19(26-11-4-5-12-26)15-7-6-10-22-13-15/h2-3,6-10,13,19H,4-5,11-12,14H2,1H3,(H,23,24,27). The molecule has 144 valence electrons. The Labute approximate surface area is 163 Å². The van der Waals surface area contributed by atoms with Gasteiger partial charge >= 0.3 is 0 Å². The summed E-state index contributed by atoms with van der Waals surface area (Å²) in [5.74, 6) is 0.455. The maximum atomic E-state index is 13.3. The Morgan fingerprint density at radius 3 is 2.75 bits per heavy atom. The fourth-order valence-electron chi connectivity index (χ4n) is 3.77. The van der Waals surface area contributed by atoms with Gasteiger partial charge < -0.3 is 9.88 Å². The maximum Gasteiger partial charge on any atom is 0.258 e. The number of nitrogens with zero attached hydrogens (tertiary/aromatic N) is 4. The molecule has 1 aromatic carbocycles. The molecule has 1 atom stereocenters. The van der Waals surface area contributed by atoms with E-state index in [2.05, 4.69) is 19.9 Å². The summed E-state index contributed by atoms with van der Waals surface area (Å²) in [6, 6.07) is 10.6. The second-order valence-electron chi connectivity index (χ2n) is 7.16. The van der Waals surface area contributed by atoms with Crippen LogP contribution in [0, 0.1) is 0 Å². The van der Waals surface area contributed by atoms with E-state index in [-0.39, 0.29) is 24.1 Å². The number of hydrogen-bond acceptors (Lipinski definition) is 5. The van der Waals surface area contributed by atoms with E-state index in [1.807, 2.05) is 24.3 Å². The third-order valence-corrected chi connectivity index (χ3v) is 5.16. The highest BCUT2D eigenvalue weighted by molar-refractivity contribution is 5.83. The lowest BCUT2D eigenvalue weighted by Gasteiger charge is -2.30. The second kappa shape index (κ2) is 7.90. The van der Waals surface area contributed by atoms with Gasteiger partial charge in [-0.25, -0.2) is 4.98 Å². The Morgan fingerprint density at radius 1 is 1.21 bits per heavy atom. The molecule has 0 radical (unpaired) electrons. The highest BCUT2D eigenvalue weighted by Crippen LogP contribution is 2.26. The molecule has 7 heteroatoms. The van der Waals surface area contributed by atoms with E-state index in [4.69, 9.17) is 0 Å². The molecule has 1 N–H and O–H groups in total. The number of likely N-dealkylation sites (tertiary alicyclic amines) is 1. The number of aromatic nitrogens is 3. The predicted molar refractivity (Wildman–Crippen MR) is 107 cm³/mol. The molecule has 1 saturated heterocycles. The van der Waals surface area contributed by atoms with E-state index in [1.165, 1.54) is 0 Å². The van der Waals surface area contributed by atoms with E-state index in [0.29, 0.717) is 16.7 Å². The molecule has 1 fully saturated rings. The van der Waals surface area contributed by atoms with Crippen LogP contribution < -0.4 is 5.56 Å². The average Bonchev–Trinajstić information content (AvgIpc) is 3.23. The molecular weight excluding hydrogens is 354 g/mol. The molecule has 0 spiro atoms. The number of carbonyl (C=O) groups excluding carboxylic acids is 1. The van der Waals surface area contributed by atoms with Gasteiger partial charge in [-0.1, -0.05) is 18.2 Å². The monoisotopic (exact) mass is 377 g/mol. The average molecular weight is 377 g/mol. The highest BCUT2D eigenvalue weighted by atomic mass is 16.2. The van der Waals surface area contributed by atoms with E-state index < -0.39 is 0 Å². The second-order valence-corrected chi connectivity index (χ2v) is 7.16. The summed E-state index contributed by atoms with van der Waals surface area (Å²) in [5.41, 5.74) is 1.33. The minimum Gasteiger partial charge on any atom is -0.337 e. The van der Waals surface area contributed by atoms with Gasteiger partial charge in [-0.15, -0.1) is 0 Å². The van der Waals surface area contributed by atoms with Gasteiger partial charge in [0.1, 0.15) is 11.9 Å². The van der Waals surface area contributed by atoms with Crippen LogP contribution in [-0.2, 0) is 11.3 Å². The predicted octanol–water partition coefficient (Wildman–Crippen LogP) is 2.11. The van der Waals surface area contributed by atoms with Crippen LogP contribution >= 0.6 is 0 Å². The first-order chi connectivity index (χ1) is 13.6. The van der Waals surface area contributed by atoms with Crippen molar-refractivity contribution in [2.45, 2.75) is 25.4 Å². The molecule has 4 rings (SSSR count). The van der Waals surface area contributed by atoms with Crippen molar-refractivity contribution in [1.29, 1.82) is 0 Å². The number of hydrogen-bond donors (Lipinski definition) is 1. The van der Waals surface area contributed by atoms with Crippen molar-refractivity contribution in [3.8, 4) is 0 Å². The van der Waals surface area contributed by atoms with Gasteiger partial charge in [0.15, 0.2) is 0 Å². The molecular formula is C21H23N5O2. The zero-order valence-electron chi connectivity index (χ0n) is 15.8. The molecule has 0 bridgehead atoms. The Bertz CT molecular complexity index is 1030. The number of benzene rings is 1. The summed E-state index contributed by atoms with van der Waals surface area (Å²) in [5, 5.41) is 0.547. The van der Waals surface area contributed by atoms with Crippen molar-refractivity contribution >= 4 is 16.8 Å². The van der Waals surface area contributed by atoms with Crippen molar-refractivity contribution in [3.05, 3.63) is 70.5 Å². The lowest BCUT2D eigenvalue weighted by atomic mass is 10.1. The molecule has 1 aliphatic rings. The molecule has 2 aromatic heterocycles. The van der Waals surface area contributed by atoms with Crippen LogP contribution in [0.1, 0.15) is 30.3 Å². The minimum atomic E-state index is -0.367. The third-order valence-electron chi connectivity index (χ3n) is 5.16. The van der Waals surface area contributed by atoms with Gasteiger partial charge in [-0.2, -0.15) is 0 Å². The topological polar surface area (TPSA) is 82.2 Å². The van der Waals surface area contributed by atoms with Crippen LogP contribution in [0.3, 0.4) is 0 Å². The Hall–Kier alpha value is -3.06. The van der Waals surface area contributed by atoms with Crippen LogP contribution in [0.5, 0.6) is 0 Å². The number of rotatable bonds is 5. The molecule has 3 heterocycles. The van der Waals surface area contributed by atoms with Gasteiger partial charge in [0, 0.05) is 19.4 Å². The van der Waals surface area contributed by atoms with E-state index in [9.17, 15) is 9.59 Å². The largest absolute Gasteiger partial charge is 0.337 e. The van der Waals surface area contributed by atoms with E-state index in [1.54, 1.807) is 36.5 Å². The Balaban J connectivity index is 1.60. The summed E-state index contributed by atoms with van der Waals surface area (Å²) in [7, 11) is 1.75. The van der Waals surface area contributed by atoms with E-state index in [0.717, 1.165) is 31.5 Å². The summed E-state index contributed by atoms with van der Waals surface area (Å²) < 4.78 is 0. The van der Waals surface area contributed by atoms with Crippen molar-refractivity contribution < 1.29 is 4.79 Å². The van der Waals surface area contributed by atoms with Gasteiger partial charge in [0.25, 0.3) is 5.56 Å². The molecule has 7 nitrogen and oxygen atoms in total. The fraction of sp³-hybridized carbons (Fsp3) is 0.333. The smallest absolute Gasteiger partial charge is 0.258 e. The number of pyridine rings is 1. The quantitative estimate of drug-likeness (QED) is 0.736. The van der Waals surface area contributed by atoms with Crippen molar-refractivity contribution in [2.24, 2.45) is 0 Å². The number of aromatic amines is 1. The van der Waals surface area contributed by atoms with E-state index >= 15 is 0 Å². The van der Waals surface area contributed by atoms with Gasteiger partial charge in [0.05, 0.1) is 17.4 Å². The third kappa shape index (κ3) is 3.66. The molecule has 1 amide bonds. The number of nitrogens with one attached hydrogen (secondary N) is 1. The first-order valence-corrected chi connectivity index (χ1v) is 9.50. The first-order valence-electron chi connectivity index (χ1n) is 9.50. The molecule has 0 aliphatic carbocycles. The van der Waals surface area contributed by atoms with Crippen LogP contribution in [0.4, 0.5) is 0 Å². The number of fused-ring (bicyclic) bond motifs is 1. The number of para-hydroxylation sites is 1. The normalized spacial score (nSPS) is 15.6. The van der Waals surface area contributed by atoms with Crippen molar-refractivity contribution in [2.75, 3.05) is 20.1 Å². The Morgan fingerprint density at radius 2 is 2.00 bits per heavy atom. The zero-order chi connectivity index (χ0) is 19.5. The van der Waals surface area contributed by atoms with Crippen molar-refractivity contribution in [3.63, 3.8) is 0 Å². The molecule has 1 aliphatic heterocycles. The minimum absolute atomic E-state index is 0.0225. The highest BCUT2D eigenvalue weighted by Gasteiger charge is 2.32. The summed E-state index contributed by atoms with van der Waals surface area (Å²) >= 11 is 0. The Kier molecular flexibility index (Phi) is 5.16. The summed E-state index contributed by atoms with van der Waals surface area (Å²) in [6.45, 7) is 2.03. The van der Waals surface area contributed by atoms with Crippen LogP contribution in [0.2, 0.25) is 0 Å². The summed E-state index contributed by atoms with van der Waals surface area (Å²) in [6.07, 6.45) is 5.65. The molecule has 3 aromatic rings. The van der Waals surface area contributed by atoms with Gasteiger partial charge in [0.2, 0.25) is 5.91 Å². The first kappa shape index (κ1) is 18.3. The van der Waals surface area contributed by atoms with Crippen molar-refractivity contribution in [1.82, 2.24) is 24.8 Å².